The Kier molecular flexibility index (Phi) is 3.45. The summed E-state index contributed by atoms with van der Waals surface area (Å²) in [5.74, 6) is 0.177. The van der Waals surface area contributed by atoms with E-state index in [2.05, 4.69) is 26.8 Å². The van der Waals surface area contributed by atoms with E-state index in [1.165, 1.54) is 16.7 Å². The number of aryl methyl sites for hydroxylation is 1. The molecule has 0 aromatic heterocycles. The van der Waals surface area contributed by atoms with Gasteiger partial charge < -0.3 is 0 Å². The topological polar surface area (TPSA) is 17.1 Å². The van der Waals surface area contributed by atoms with Crippen LogP contribution in [-0.4, -0.2) is 5.78 Å². The predicted molar refractivity (Wildman–Crippen MR) is 59.9 cm³/mol. The van der Waals surface area contributed by atoms with E-state index in [0.717, 1.165) is 18.4 Å². The molecule has 0 aliphatic carbocycles. The van der Waals surface area contributed by atoms with E-state index in [9.17, 15) is 4.79 Å². The van der Waals surface area contributed by atoms with Gasteiger partial charge in [0.2, 0.25) is 0 Å². The molecule has 0 heterocycles. The molecule has 0 spiro atoms. The lowest BCUT2D eigenvalue weighted by Gasteiger charge is -2.13. The Balaban J connectivity index is 3.40. The van der Waals surface area contributed by atoms with Crippen molar-refractivity contribution in [2.75, 3.05) is 0 Å². The van der Waals surface area contributed by atoms with Crippen molar-refractivity contribution in [3.63, 3.8) is 0 Å². The SMILES string of the molecule is CCc1c(C)ccc(C(C)=O)c1CC. The Morgan fingerprint density at radius 2 is 1.71 bits per heavy atom. The lowest BCUT2D eigenvalue weighted by molar-refractivity contribution is 0.101. The zero-order valence-electron chi connectivity index (χ0n) is 9.48. The highest BCUT2D eigenvalue weighted by molar-refractivity contribution is 5.96. The molecule has 0 radical (unpaired) electrons. The summed E-state index contributed by atoms with van der Waals surface area (Å²) in [4.78, 5) is 11.4. The molecule has 0 amide bonds. The highest BCUT2D eigenvalue weighted by atomic mass is 16.1. The highest BCUT2D eigenvalue weighted by Crippen LogP contribution is 2.20. The van der Waals surface area contributed by atoms with E-state index in [4.69, 9.17) is 0 Å². The van der Waals surface area contributed by atoms with Gasteiger partial charge in [-0.3, -0.25) is 4.79 Å². The normalized spacial score (nSPS) is 10.3. The maximum absolute atomic E-state index is 11.4. The lowest BCUT2D eigenvalue weighted by atomic mass is 9.92. The molecule has 1 aromatic rings. The number of carbonyl (C=O) groups is 1. The lowest BCUT2D eigenvalue weighted by Crippen LogP contribution is -2.04. The summed E-state index contributed by atoms with van der Waals surface area (Å²) in [7, 11) is 0. The number of benzene rings is 1. The van der Waals surface area contributed by atoms with Crippen LogP contribution < -0.4 is 0 Å². The van der Waals surface area contributed by atoms with E-state index in [0.29, 0.717) is 0 Å². The van der Waals surface area contributed by atoms with Gasteiger partial charge in [0.25, 0.3) is 0 Å². The van der Waals surface area contributed by atoms with Gasteiger partial charge >= 0.3 is 0 Å². The molecular formula is C13H18O. The average molecular weight is 190 g/mol. The fourth-order valence-corrected chi connectivity index (χ4v) is 2.04. The molecule has 1 nitrogen and oxygen atoms in total. The molecule has 0 saturated heterocycles. The molecule has 1 rings (SSSR count). The van der Waals surface area contributed by atoms with E-state index < -0.39 is 0 Å². The second kappa shape index (κ2) is 4.41. The Morgan fingerprint density at radius 1 is 1.14 bits per heavy atom. The minimum absolute atomic E-state index is 0.177. The molecule has 0 bridgehead atoms. The van der Waals surface area contributed by atoms with E-state index in [1.54, 1.807) is 6.92 Å². The first-order valence-electron chi connectivity index (χ1n) is 5.24. The standard InChI is InChI=1S/C13H18O/c1-5-11-9(3)7-8-13(10(4)14)12(11)6-2/h7-8H,5-6H2,1-4H3. The molecule has 1 heteroatoms. The molecule has 14 heavy (non-hydrogen) atoms. The fourth-order valence-electron chi connectivity index (χ4n) is 2.04. The van der Waals surface area contributed by atoms with Crippen molar-refractivity contribution in [1.29, 1.82) is 0 Å². The van der Waals surface area contributed by atoms with Gasteiger partial charge in [-0.1, -0.05) is 26.0 Å². The molecule has 1 aromatic carbocycles. The molecule has 0 atom stereocenters. The van der Waals surface area contributed by atoms with Crippen LogP contribution >= 0.6 is 0 Å². The first-order chi connectivity index (χ1) is 6.61. The number of hydrogen-bond acceptors (Lipinski definition) is 1. The second-order valence-electron chi connectivity index (χ2n) is 3.65. The predicted octanol–water partition coefficient (Wildman–Crippen LogP) is 3.32. The van der Waals surface area contributed by atoms with E-state index in [1.807, 2.05) is 6.07 Å². The number of ketones is 1. The van der Waals surface area contributed by atoms with Crippen LogP contribution in [0, 0.1) is 6.92 Å². The Hall–Kier alpha value is -1.11. The molecule has 0 aliphatic rings. The van der Waals surface area contributed by atoms with Crippen LogP contribution in [0.5, 0.6) is 0 Å². The third kappa shape index (κ3) is 1.87. The highest BCUT2D eigenvalue weighted by Gasteiger charge is 2.10. The molecule has 76 valence electrons. The number of hydrogen-bond donors (Lipinski definition) is 0. The van der Waals surface area contributed by atoms with Gasteiger partial charge in [-0.25, -0.2) is 0 Å². The number of carbonyl (C=O) groups excluding carboxylic acids is 1. The van der Waals surface area contributed by atoms with Crippen LogP contribution in [0.15, 0.2) is 12.1 Å². The van der Waals surface area contributed by atoms with Crippen molar-refractivity contribution in [1.82, 2.24) is 0 Å². The molecule has 0 fully saturated rings. The maximum atomic E-state index is 11.4. The third-order valence-corrected chi connectivity index (χ3v) is 2.75. The van der Waals surface area contributed by atoms with Gasteiger partial charge in [0, 0.05) is 5.56 Å². The van der Waals surface area contributed by atoms with Crippen LogP contribution in [0.3, 0.4) is 0 Å². The van der Waals surface area contributed by atoms with Crippen molar-refractivity contribution in [3.8, 4) is 0 Å². The van der Waals surface area contributed by atoms with Gasteiger partial charge in [0.1, 0.15) is 0 Å². The van der Waals surface area contributed by atoms with Crippen molar-refractivity contribution < 1.29 is 4.79 Å². The molecule has 0 saturated carbocycles. The first-order valence-corrected chi connectivity index (χ1v) is 5.24. The minimum atomic E-state index is 0.177. The smallest absolute Gasteiger partial charge is 0.160 e. The van der Waals surface area contributed by atoms with Crippen LogP contribution in [0.25, 0.3) is 0 Å². The molecule has 0 aliphatic heterocycles. The summed E-state index contributed by atoms with van der Waals surface area (Å²) in [5, 5.41) is 0. The minimum Gasteiger partial charge on any atom is -0.295 e. The number of rotatable bonds is 3. The fraction of sp³-hybridized carbons (Fsp3) is 0.462. The molecular weight excluding hydrogens is 172 g/mol. The Bertz CT molecular complexity index is 350. The van der Waals surface area contributed by atoms with Crippen molar-refractivity contribution in [3.05, 3.63) is 34.4 Å². The Morgan fingerprint density at radius 3 is 2.14 bits per heavy atom. The summed E-state index contributed by atoms with van der Waals surface area (Å²) in [6.45, 7) is 8.01. The van der Waals surface area contributed by atoms with E-state index in [-0.39, 0.29) is 5.78 Å². The van der Waals surface area contributed by atoms with Crippen LogP contribution in [0.1, 0.15) is 47.8 Å². The van der Waals surface area contributed by atoms with Crippen molar-refractivity contribution in [2.45, 2.75) is 40.5 Å². The zero-order chi connectivity index (χ0) is 10.7. The van der Waals surface area contributed by atoms with E-state index >= 15 is 0 Å². The van der Waals surface area contributed by atoms with Gasteiger partial charge in [0.15, 0.2) is 5.78 Å². The number of Topliss-reactive ketones (excluding diaryl/α,β-unsaturated/α-hetero) is 1. The summed E-state index contributed by atoms with van der Waals surface area (Å²) in [5.41, 5.74) is 4.78. The summed E-state index contributed by atoms with van der Waals surface area (Å²) in [6.07, 6.45) is 1.95. The van der Waals surface area contributed by atoms with Gasteiger partial charge in [-0.05, 0) is 43.4 Å². The largest absolute Gasteiger partial charge is 0.295 e. The van der Waals surface area contributed by atoms with Crippen LogP contribution in [-0.2, 0) is 12.8 Å². The van der Waals surface area contributed by atoms with Crippen molar-refractivity contribution >= 4 is 5.78 Å². The summed E-state index contributed by atoms with van der Waals surface area (Å²) >= 11 is 0. The summed E-state index contributed by atoms with van der Waals surface area (Å²) < 4.78 is 0. The van der Waals surface area contributed by atoms with Gasteiger partial charge in [-0.2, -0.15) is 0 Å². The van der Waals surface area contributed by atoms with Gasteiger partial charge in [-0.15, -0.1) is 0 Å². The second-order valence-corrected chi connectivity index (χ2v) is 3.65. The maximum Gasteiger partial charge on any atom is 0.160 e. The van der Waals surface area contributed by atoms with Crippen LogP contribution in [0.4, 0.5) is 0 Å². The molecule has 0 unspecified atom stereocenters. The first kappa shape index (κ1) is 11.0. The average Bonchev–Trinajstić information content (AvgIpc) is 2.16. The third-order valence-electron chi connectivity index (χ3n) is 2.75. The monoisotopic (exact) mass is 190 g/mol. The quantitative estimate of drug-likeness (QED) is 0.668. The van der Waals surface area contributed by atoms with Gasteiger partial charge in [0.05, 0.1) is 0 Å². The summed E-state index contributed by atoms with van der Waals surface area (Å²) in [6, 6.07) is 4.00. The zero-order valence-corrected chi connectivity index (χ0v) is 9.48. The Labute approximate surface area is 86.1 Å². The van der Waals surface area contributed by atoms with Crippen molar-refractivity contribution in [2.24, 2.45) is 0 Å². The van der Waals surface area contributed by atoms with Crippen LogP contribution in [0.2, 0.25) is 0 Å². The molecule has 0 N–H and O–H groups in total.